The third-order valence-electron chi connectivity index (χ3n) is 4.56. The van der Waals surface area contributed by atoms with Crippen molar-refractivity contribution >= 4 is 17.9 Å². The normalized spacial score (nSPS) is 11.4. The number of nitrogens with zero attached hydrogens (tertiary/aromatic N) is 4. The van der Waals surface area contributed by atoms with Crippen LogP contribution in [0.2, 0.25) is 0 Å². The highest BCUT2D eigenvalue weighted by Crippen LogP contribution is 2.37. The Labute approximate surface area is 176 Å². The summed E-state index contributed by atoms with van der Waals surface area (Å²) in [6, 6.07) is 14.6. The zero-order chi connectivity index (χ0) is 21.2. The molecule has 2 N–H and O–H groups in total. The van der Waals surface area contributed by atoms with E-state index in [4.69, 9.17) is 23.7 Å². The highest BCUT2D eigenvalue weighted by molar-refractivity contribution is 5.83. The van der Waals surface area contributed by atoms with E-state index in [1.54, 1.807) is 50.2 Å². The number of anilines is 1. The molecular formula is C22H17N5O4. The minimum Gasteiger partial charge on any atom is -0.497 e. The third kappa shape index (κ3) is 3.48. The van der Waals surface area contributed by atoms with Crippen LogP contribution in [-0.2, 0) is 0 Å². The van der Waals surface area contributed by atoms with E-state index >= 15 is 0 Å². The maximum Gasteiger partial charge on any atom is 0.265 e. The molecule has 5 aromatic rings. The molecule has 0 saturated heterocycles. The smallest absolute Gasteiger partial charge is 0.265 e. The van der Waals surface area contributed by atoms with Crippen molar-refractivity contribution in [3.05, 3.63) is 73.1 Å². The summed E-state index contributed by atoms with van der Waals surface area (Å²) in [5.74, 6) is 2.69. The fraction of sp³-hybridized carbons (Fsp3) is 0.0455. The van der Waals surface area contributed by atoms with Gasteiger partial charge in [0.25, 0.3) is 5.89 Å². The first-order valence-corrected chi connectivity index (χ1v) is 9.33. The predicted octanol–water partition coefficient (Wildman–Crippen LogP) is 4.72. The molecule has 0 aliphatic carbocycles. The van der Waals surface area contributed by atoms with Gasteiger partial charge in [-0.2, -0.15) is 0 Å². The summed E-state index contributed by atoms with van der Waals surface area (Å²) in [6.45, 7) is 0. The van der Waals surface area contributed by atoms with Crippen molar-refractivity contribution in [2.45, 2.75) is 0 Å². The number of methoxy groups -OCH3 is 1. The van der Waals surface area contributed by atoms with Gasteiger partial charge in [-0.3, -0.25) is 4.57 Å². The van der Waals surface area contributed by atoms with Crippen molar-refractivity contribution in [1.82, 2.24) is 14.5 Å². The maximum absolute atomic E-state index is 6.12. The van der Waals surface area contributed by atoms with Gasteiger partial charge < -0.3 is 23.7 Å². The Balaban J connectivity index is 1.62. The van der Waals surface area contributed by atoms with Crippen molar-refractivity contribution in [1.29, 1.82) is 0 Å². The van der Waals surface area contributed by atoms with Gasteiger partial charge in [0.1, 0.15) is 23.5 Å². The quantitative estimate of drug-likeness (QED) is 0.399. The van der Waals surface area contributed by atoms with Crippen molar-refractivity contribution in [2.24, 2.45) is 4.99 Å². The number of rotatable bonds is 6. The van der Waals surface area contributed by atoms with Gasteiger partial charge in [-0.15, -0.1) is 0 Å². The zero-order valence-electron chi connectivity index (χ0n) is 16.4. The first-order valence-electron chi connectivity index (χ1n) is 9.33. The van der Waals surface area contributed by atoms with Crippen LogP contribution in [0.3, 0.4) is 0 Å². The fourth-order valence-corrected chi connectivity index (χ4v) is 3.06. The second-order valence-electron chi connectivity index (χ2n) is 6.47. The Kier molecular flexibility index (Phi) is 4.60. The third-order valence-corrected chi connectivity index (χ3v) is 4.56. The zero-order valence-corrected chi connectivity index (χ0v) is 16.4. The molecule has 4 heterocycles. The van der Waals surface area contributed by atoms with Crippen LogP contribution in [-0.4, -0.2) is 27.9 Å². The van der Waals surface area contributed by atoms with Crippen LogP contribution in [0.25, 0.3) is 28.7 Å². The molecule has 0 radical (unpaired) electrons. The van der Waals surface area contributed by atoms with Gasteiger partial charge in [0.05, 0.1) is 25.9 Å². The van der Waals surface area contributed by atoms with Crippen molar-refractivity contribution in [3.63, 3.8) is 0 Å². The minimum absolute atomic E-state index is 0.112. The summed E-state index contributed by atoms with van der Waals surface area (Å²) in [7, 11) is 1.62. The van der Waals surface area contributed by atoms with Crippen LogP contribution in [0.1, 0.15) is 5.76 Å². The molecule has 154 valence electrons. The second kappa shape index (κ2) is 7.71. The van der Waals surface area contributed by atoms with E-state index in [0.717, 1.165) is 11.4 Å². The number of hydrogen-bond acceptors (Lipinski definition) is 8. The van der Waals surface area contributed by atoms with Gasteiger partial charge in [-0.05, 0) is 48.5 Å². The Bertz CT molecular complexity index is 1310. The van der Waals surface area contributed by atoms with Gasteiger partial charge in [0.15, 0.2) is 17.3 Å². The number of nitrogens with two attached hydrogens (primary N) is 1. The van der Waals surface area contributed by atoms with Gasteiger partial charge in [-0.1, -0.05) is 0 Å². The molecule has 0 spiro atoms. The highest BCUT2D eigenvalue weighted by Gasteiger charge is 2.22. The Morgan fingerprint density at radius 2 is 1.84 bits per heavy atom. The molecule has 0 bridgehead atoms. The molecule has 9 nitrogen and oxygen atoms in total. The topological polar surface area (TPSA) is 118 Å². The summed E-state index contributed by atoms with van der Waals surface area (Å²) < 4.78 is 23.4. The number of hydrogen-bond donors (Lipinski definition) is 1. The van der Waals surface area contributed by atoms with Crippen LogP contribution < -0.4 is 10.5 Å². The Morgan fingerprint density at radius 3 is 2.55 bits per heavy atom. The van der Waals surface area contributed by atoms with E-state index in [1.165, 1.54) is 6.26 Å². The number of benzene rings is 1. The van der Waals surface area contributed by atoms with Crippen LogP contribution in [0, 0.1) is 0 Å². The minimum atomic E-state index is 0.112. The van der Waals surface area contributed by atoms with E-state index in [-0.39, 0.29) is 11.8 Å². The molecule has 9 heteroatoms. The molecule has 0 amide bonds. The SMILES string of the molecule is COc1ccc(-n2cnc(-c3nc(-c4ccco4)oc3N)c2/N=C/c2ccco2)cc1. The lowest BCUT2D eigenvalue weighted by atomic mass is 10.2. The van der Waals surface area contributed by atoms with Crippen LogP contribution >= 0.6 is 0 Å². The van der Waals surface area contributed by atoms with E-state index in [9.17, 15) is 0 Å². The molecule has 0 saturated carbocycles. The fourth-order valence-electron chi connectivity index (χ4n) is 3.06. The lowest BCUT2D eigenvalue weighted by Gasteiger charge is -2.07. The predicted molar refractivity (Wildman–Crippen MR) is 114 cm³/mol. The summed E-state index contributed by atoms with van der Waals surface area (Å²) in [6.07, 6.45) is 6.36. The number of nitrogen functional groups attached to an aromatic ring is 1. The van der Waals surface area contributed by atoms with Crippen LogP contribution in [0.15, 0.2) is 85.6 Å². The summed E-state index contributed by atoms with van der Waals surface area (Å²) in [5, 5.41) is 0. The summed E-state index contributed by atoms with van der Waals surface area (Å²) >= 11 is 0. The number of aliphatic imine (C=N–C) groups is 1. The number of ether oxygens (including phenoxy) is 1. The first-order chi connectivity index (χ1) is 15.2. The molecular weight excluding hydrogens is 398 g/mol. The molecule has 5 rings (SSSR count). The molecule has 31 heavy (non-hydrogen) atoms. The van der Waals surface area contributed by atoms with Crippen molar-refractivity contribution in [2.75, 3.05) is 12.8 Å². The molecule has 0 fully saturated rings. The maximum atomic E-state index is 6.12. The summed E-state index contributed by atoms with van der Waals surface area (Å²) in [5.41, 5.74) is 7.77. The average molecular weight is 415 g/mol. The molecule has 4 aromatic heterocycles. The monoisotopic (exact) mass is 415 g/mol. The molecule has 0 aliphatic heterocycles. The average Bonchev–Trinajstić information content (AvgIpc) is 3.59. The van der Waals surface area contributed by atoms with E-state index < -0.39 is 0 Å². The number of furan rings is 2. The van der Waals surface area contributed by atoms with Gasteiger partial charge in [0, 0.05) is 5.69 Å². The van der Waals surface area contributed by atoms with Gasteiger partial charge in [0.2, 0.25) is 5.88 Å². The molecule has 0 atom stereocenters. The van der Waals surface area contributed by atoms with E-state index in [2.05, 4.69) is 15.0 Å². The van der Waals surface area contributed by atoms with E-state index in [1.807, 2.05) is 28.8 Å². The Morgan fingerprint density at radius 1 is 1.03 bits per heavy atom. The van der Waals surface area contributed by atoms with Crippen molar-refractivity contribution < 1.29 is 18.0 Å². The molecule has 0 unspecified atom stereocenters. The number of aromatic nitrogens is 3. The largest absolute Gasteiger partial charge is 0.497 e. The van der Waals surface area contributed by atoms with Crippen LogP contribution in [0.5, 0.6) is 5.75 Å². The van der Waals surface area contributed by atoms with Gasteiger partial charge >= 0.3 is 0 Å². The van der Waals surface area contributed by atoms with Crippen molar-refractivity contribution in [3.8, 4) is 34.5 Å². The lowest BCUT2D eigenvalue weighted by Crippen LogP contribution is -1.93. The molecule has 0 aliphatic rings. The van der Waals surface area contributed by atoms with E-state index in [0.29, 0.717) is 28.7 Å². The second-order valence-corrected chi connectivity index (χ2v) is 6.47. The number of imidazole rings is 1. The molecule has 1 aromatic carbocycles. The summed E-state index contributed by atoms with van der Waals surface area (Å²) in [4.78, 5) is 13.6. The number of oxazole rings is 1. The van der Waals surface area contributed by atoms with Gasteiger partial charge in [-0.25, -0.2) is 15.0 Å². The standard InChI is InChI=1S/C22H17N5O4/c1-28-15-8-6-14(7-9-15)27-13-25-19(21(27)24-12-16-4-2-10-29-16)18-20(23)31-22(26-18)17-5-3-11-30-17/h2-13H,23H2,1H3/b24-12+. The first kappa shape index (κ1) is 18.5. The Hall–Kier alpha value is -4.53. The van der Waals surface area contributed by atoms with Crippen LogP contribution in [0.4, 0.5) is 11.7 Å². The lowest BCUT2D eigenvalue weighted by molar-refractivity contribution is 0.415. The highest BCUT2D eigenvalue weighted by atomic mass is 16.5.